The number of aromatic nitrogens is 2. The molecule has 0 aliphatic carbocycles. The van der Waals surface area contributed by atoms with Gasteiger partial charge in [0.15, 0.2) is 0 Å². The summed E-state index contributed by atoms with van der Waals surface area (Å²) in [7, 11) is 0. The number of nitrogens with zero attached hydrogens (tertiary/aromatic N) is 3. The third kappa shape index (κ3) is 4.81. The molecule has 1 N–H and O–H groups in total. The van der Waals surface area contributed by atoms with Gasteiger partial charge in [0.05, 0.1) is 30.0 Å². The van der Waals surface area contributed by atoms with Gasteiger partial charge >= 0.3 is 0 Å². The zero-order chi connectivity index (χ0) is 21.0. The van der Waals surface area contributed by atoms with Crippen molar-refractivity contribution in [2.24, 2.45) is 0 Å². The first kappa shape index (κ1) is 20.4. The van der Waals surface area contributed by atoms with E-state index in [4.69, 9.17) is 4.74 Å². The van der Waals surface area contributed by atoms with Gasteiger partial charge in [0, 0.05) is 25.7 Å². The maximum Gasteiger partial charge on any atom is 0.253 e. The van der Waals surface area contributed by atoms with Crippen LogP contribution in [0.2, 0.25) is 0 Å². The smallest absolute Gasteiger partial charge is 0.253 e. The first-order chi connectivity index (χ1) is 14.5. The Labute approximate surface area is 174 Å². The summed E-state index contributed by atoms with van der Waals surface area (Å²) in [6.45, 7) is 1.78. The fourth-order valence-corrected chi connectivity index (χ4v) is 4.29. The molecule has 4 rings (SSSR count). The van der Waals surface area contributed by atoms with E-state index in [2.05, 4.69) is 15.5 Å². The molecule has 0 bridgehead atoms. The molecule has 158 valence electrons. The molecule has 0 saturated carbocycles. The van der Waals surface area contributed by atoms with Gasteiger partial charge in [0.1, 0.15) is 5.82 Å². The highest BCUT2D eigenvalue weighted by Crippen LogP contribution is 2.35. The molecule has 0 radical (unpaired) electrons. The summed E-state index contributed by atoms with van der Waals surface area (Å²) in [6, 6.07) is 7.82. The Morgan fingerprint density at radius 2 is 2.07 bits per heavy atom. The van der Waals surface area contributed by atoms with E-state index in [0.717, 1.165) is 25.7 Å². The van der Waals surface area contributed by atoms with Crippen LogP contribution in [0, 0.1) is 5.82 Å². The van der Waals surface area contributed by atoms with Crippen LogP contribution in [0.3, 0.4) is 0 Å². The van der Waals surface area contributed by atoms with Crippen LogP contribution in [-0.2, 0) is 16.0 Å². The van der Waals surface area contributed by atoms with Crippen molar-refractivity contribution in [2.45, 2.75) is 43.7 Å². The number of likely N-dealkylation sites (tertiary alicyclic amines) is 1. The summed E-state index contributed by atoms with van der Waals surface area (Å²) in [5.74, 6) is -0.486. The highest BCUT2D eigenvalue weighted by Gasteiger charge is 2.41. The summed E-state index contributed by atoms with van der Waals surface area (Å²) in [4.78, 5) is 26.9. The number of carbonyl (C=O) groups is 2. The summed E-state index contributed by atoms with van der Waals surface area (Å²) in [6.07, 6.45) is 6.09. The molecule has 2 aliphatic rings. The lowest BCUT2D eigenvalue weighted by molar-refractivity contribution is -0.143. The molecule has 1 aromatic carbocycles. The van der Waals surface area contributed by atoms with Crippen molar-refractivity contribution < 1.29 is 18.7 Å². The molecule has 1 aromatic heterocycles. The average molecular weight is 412 g/mol. The minimum Gasteiger partial charge on any atom is -0.375 e. The summed E-state index contributed by atoms with van der Waals surface area (Å²) in [5, 5.41) is 10.5. The van der Waals surface area contributed by atoms with Gasteiger partial charge in [-0.1, -0.05) is 12.1 Å². The lowest BCUT2D eigenvalue weighted by Crippen LogP contribution is -2.54. The van der Waals surface area contributed by atoms with Crippen molar-refractivity contribution >= 4 is 11.8 Å². The molecule has 2 aliphatic heterocycles. The van der Waals surface area contributed by atoms with Crippen LogP contribution < -0.4 is 5.32 Å². The topological polar surface area (TPSA) is 84.4 Å². The van der Waals surface area contributed by atoms with Crippen LogP contribution in [0.15, 0.2) is 42.7 Å². The number of carbonyl (C=O) groups excluding carboxylic acids is 2. The molecule has 2 fully saturated rings. The minimum absolute atomic E-state index is 0.00120. The summed E-state index contributed by atoms with van der Waals surface area (Å²) in [5.41, 5.74) is 0.855. The summed E-state index contributed by atoms with van der Waals surface area (Å²) < 4.78 is 19.5. The van der Waals surface area contributed by atoms with Crippen LogP contribution in [-0.4, -0.2) is 58.3 Å². The number of piperidine rings is 1. The highest BCUT2D eigenvalue weighted by atomic mass is 19.1. The summed E-state index contributed by atoms with van der Waals surface area (Å²) >= 11 is 0. The van der Waals surface area contributed by atoms with Gasteiger partial charge in [-0.25, -0.2) is 4.39 Å². The van der Waals surface area contributed by atoms with E-state index >= 15 is 0 Å². The third-order valence-electron chi connectivity index (χ3n) is 5.95. The van der Waals surface area contributed by atoms with Crippen molar-refractivity contribution in [3.63, 3.8) is 0 Å². The fraction of sp³-hybridized carbons (Fsp3) is 0.455. The monoisotopic (exact) mass is 412 g/mol. The Balaban J connectivity index is 1.31. The Kier molecular flexibility index (Phi) is 6.03. The molecule has 1 atom stereocenters. The standard InChI is InChI=1S/C22H25FN4O3/c23-18-3-1-2-16(12-18)13-20(28)27-9-6-22(7-10-27)14-19(5-11-30-22)26-21(29)17-4-8-24-25-15-17/h1-4,8,12,15,19H,5-7,9-11,13-14H2,(H,26,29)/t19-/m1/s1. The first-order valence-corrected chi connectivity index (χ1v) is 10.3. The Morgan fingerprint density at radius 1 is 1.23 bits per heavy atom. The van der Waals surface area contributed by atoms with Gasteiger partial charge in [-0.2, -0.15) is 10.2 Å². The van der Waals surface area contributed by atoms with E-state index in [-0.39, 0.29) is 35.7 Å². The highest BCUT2D eigenvalue weighted by molar-refractivity contribution is 5.93. The van der Waals surface area contributed by atoms with Crippen LogP contribution in [0.1, 0.15) is 41.6 Å². The molecule has 2 amide bonds. The molecular formula is C22H25FN4O3. The van der Waals surface area contributed by atoms with Crippen molar-refractivity contribution in [2.75, 3.05) is 19.7 Å². The van der Waals surface area contributed by atoms with Gasteiger partial charge in [-0.3, -0.25) is 9.59 Å². The lowest BCUT2D eigenvalue weighted by atomic mass is 9.82. The van der Waals surface area contributed by atoms with E-state index < -0.39 is 0 Å². The van der Waals surface area contributed by atoms with Crippen molar-refractivity contribution in [1.29, 1.82) is 0 Å². The number of ether oxygens (including phenoxy) is 1. The van der Waals surface area contributed by atoms with Crippen LogP contribution >= 0.6 is 0 Å². The molecule has 8 heteroatoms. The average Bonchev–Trinajstić information content (AvgIpc) is 2.75. The second-order valence-electron chi connectivity index (χ2n) is 8.01. The lowest BCUT2D eigenvalue weighted by Gasteiger charge is -2.46. The van der Waals surface area contributed by atoms with Crippen molar-refractivity contribution in [3.05, 3.63) is 59.7 Å². The molecule has 0 unspecified atom stereocenters. The third-order valence-corrected chi connectivity index (χ3v) is 5.95. The molecule has 30 heavy (non-hydrogen) atoms. The van der Waals surface area contributed by atoms with Gasteiger partial charge in [-0.05, 0) is 49.4 Å². The Morgan fingerprint density at radius 3 is 2.80 bits per heavy atom. The normalized spacial score (nSPS) is 20.7. The molecule has 2 saturated heterocycles. The number of hydrogen-bond donors (Lipinski definition) is 1. The Bertz CT molecular complexity index is 900. The van der Waals surface area contributed by atoms with E-state index in [1.165, 1.54) is 24.5 Å². The molecular weight excluding hydrogens is 387 g/mol. The largest absolute Gasteiger partial charge is 0.375 e. The number of nitrogens with one attached hydrogen (secondary N) is 1. The number of rotatable bonds is 4. The van der Waals surface area contributed by atoms with Gasteiger partial charge < -0.3 is 15.0 Å². The predicted molar refractivity (Wildman–Crippen MR) is 107 cm³/mol. The second kappa shape index (κ2) is 8.87. The van der Waals surface area contributed by atoms with E-state index in [0.29, 0.717) is 30.8 Å². The first-order valence-electron chi connectivity index (χ1n) is 10.3. The quantitative estimate of drug-likeness (QED) is 0.832. The number of halogens is 1. The molecule has 7 nitrogen and oxygen atoms in total. The van der Waals surface area contributed by atoms with Gasteiger partial charge in [0.25, 0.3) is 5.91 Å². The zero-order valence-corrected chi connectivity index (χ0v) is 16.7. The number of amides is 2. The fourth-order valence-electron chi connectivity index (χ4n) is 4.29. The SMILES string of the molecule is O=C(N[C@@H]1CCOC2(CCN(C(=O)Cc3cccc(F)c3)CC2)C1)c1ccnnc1. The second-order valence-corrected chi connectivity index (χ2v) is 8.01. The van der Waals surface area contributed by atoms with Crippen LogP contribution in [0.4, 0.5) is 4.39 Å². The maximum absolute atomic E-state index is 13.4. The van der Waals surface area contributed by atoms with E-state index in [1.807, 2.05) is 4.90 Å². The number of benzene rings is 1. The van der Waals surface area contributed by atoms with Crippen molar-refractivity contribution in [3.8, 4) is 0 Å². The maximum atomic E-state index is 13.4. The molecule has 2 aromatic rings. The van der Waals surface area contributed by atoms with E-state index in [1.54, 1.807) is 18.2 Å². The Hall–Kier alpha value is -2.87. The van der Waals surface area contributed by atoms with Crippen molar-refractivity contribution in [1.82, 2.24) is 20.4 Å². The molecule has 1 spiro atoms. The van der Waals surface area contributed by atoms with Gasteiger partial charge in [0.2, 0.25) is 5.91 Å². The van der Waals surface area contributed by atoms with Crippen LogP contribution in [0.5, 0.6) is 0 Å². The molecule has 3 heterocycles. The minimum atomic E-state index is -0.330. The predicted octanol–water partition coefficient (Wildman–Crippen LogP) is 2.13. The van der Waals surface area contributed by atoms with Crippen LogP contribution in [0.25, 0.3) is 0 Å². The number of hydrogen-bond acceptors (Lipinski definition) is 5. The van der Waals surface area contributed by atoms with E-state index in [9.17, 15) is 14.0 Å². The van der Waals surface area contributed by atoms with Gasteiger partial charge in [-0.15, -0.1) is 0 Å². The zero-order valence-electron chi connectivity index (χ0n) is 16.7.